The van der Waals surface area contributed by atoms with E-state index in [0.717, 1.165) is 4.90 Å². The Hall–Kier alpha value is -3.55. The molecule has 3 amide bonds. The number of hydrogen-bond donors (Lipinski definition) is 1. The molecule has 7 nitrogen and oxygen atoms in total. The predicted molar refractivity (Wildman–Crippen MR) is 95.9 cm³/mol. The van der Waals surface area contributed by atoms with Gasteiger partial charge in [-0.15, -0.1) is 0 Å². The van der Waals surface area contributed by atoms with Crippen LogP contribution in [0.3, 0.4) is 0 Å². The van der Waals surface area contributed by atoms with Crippen LogP contribution in [-0.2, 0) is 20.7 Å². The summed E-state index contributed by atoms with van der Waals surface area (Å²) >= 11 is 0. The van der Waals surface area contributed by atoms with E-state index in [1.54, 1.807) is 30.3 Å². The largest absolute Gasteiger partial charge is 0.454 e. The smallest absolute Gasteiger partial charge is 0.326 e. The number of nitrogens with zero attached hydrogens (tertiary/aromatic N) is 1. The Bertz CT molecular complexity index is 909. The summed E-state index contributed by atoms with van der Waals surface area (Å²) in [5, 5.41) is 2.51. The molecule has 1 heterocycles. The number of carbonyl (C=O) groups excluding carboxylic acids is 4. The van der Waals surface area contributed by atoms with E-state index < -0.39 is 36.8 Å². The third-order valence-electron chi connectivity index (χ3n) is 4.20. The Morgan fingerprint density at radius 3 is 2.21 bits per heavy atom. The number of fused-ring (bicyclic) bond motifs is 1. The van der Waals surface area contributed by atoms with Crippen molar-refractivity contribution in [2.24, 2.45) is 0 Å². The lowest BCUT2D eigenvalue weighted by Gasteiger charge is -2.13. The van der Waals surface area contributed by atoms with Crippen molar-refractivity contribution in [3.8, 4) is 0 Å². The first-order valence-corrected chi connectivity index (χ1v) is 8.58. The van der Waals surface area contributed by atoms with Crippen LogP contribution >= 0.6 is 0 Å². The third kappa shape index (κ3) is 4.22. The molecule has 3 rings (SSSR count). The van der Waals surface area contributed by atoms with E-state index in [1.165, 1.54) is 18.2 Å². The lowest BCUT2D eigenvalue weighted by molar-refractivity contribution is -0.148. The molecular weight excluding hydrogens is 367 g/mol. The molecular formula is C20H17FN2O5. The Morgan fingerprint density at radius 2 is 1.57 bits per heavy atom. The summed E-state index contributed by atoms with van der Waals surface area (Å²) in [4.78, 5) is 48.7. The first-order valence-electron chi connectivity index (χ1n) is 8.58. The van der Waals surface area contributed by atoms with Gasteiger partial charge in [0.1, 0.15) is 12.4 Å². The molecule has 1 N–H and O–H groups in total. The number of hydrogen-bond acceptors (Lipinski definition) is 5. The van der Waals surface area contributed by atoms with Gasteiger partial charge in [0.2, 0.25) is 0 Å². The molecule has 0 aromatic heterocycles. The summed E-state index contributed by atoms with van der Waals surface area (Å²) < 4.78 is 18.3. The minimum Gasteiger partial charge on any atom is -0.454 e. The number of carbonyl (C=O) groups is 4. The Morgan fingerprint density at radius 1 is 0.964 bits per heavy atom. The van der Waals surface area contributed by atoms with Crippen molar-refractivity contribution >= 4 is 23.7 Å². The summed E-state index contributed by atoms with van der Waals surface area (Å²) in [7, 11) is 0. The molecule has 0 fully saturated rings. The van der Waals surface area contributed by atoms with Crippen molar-refractivity contribution in [1.29, 1.82) is 0 Å². The van der Waals surface area contributed by atoms with Gasteiger partial charge >= 0.3 is 5.97 Å². The van der Waals surface area contributed by atoms with Crippen molar-refractivity contribution < 1.29 is 28.3 Å². The topological polar surface area (TPSA) is 92.8 Å². The monoisotopic (exact) mass is 384 g/mol. The fourth-order valence-electron chi connectivity index (χ4n) is 2.79. The summed E-state index contributed by atoms with van der Waals surface area (Å²) in [6.45, 7) is -0.955. The maximum atomic E-state index is 13.5. The molecule has 0 unspecified atom stereocenters. The van der Waals surface area contributed by atoms with Gasteiger partial charge < -0.3 is 10.1 Å². The minimum absolute atomic E-state index is 0.176. The Kier molecular flexibility index (Phi) is 5.78. The molecule has 1 aliphatic heterocycles. The Balaban J connectivity index is 1.42. The van der Waals surface area contributed by atoms with E-state index >= 15 is 0 Å². The second-order valence-corrected chi connectivity index (χ2v) is 6.09. The summed E-state index contributed by atoms with van der Waals surface area (Å²) in [5.41, 5.74) is 0.919. The molecule has 0 spiro atoms. The summed E-state index contributed by atoms with van der Waals surface area (Å²) in [6.07, 6.45) is 0.293. The predicted octanol–water partition coefficient (Wildman–Crippen LogP) is 1.32. The van der Waals surface area contributed by atoms with Crippen LogP contribution in [0.4, 0.5) is 4.39 Å². The van der Waals surface area contributed by atoms with Gasteiger partial charge in [-0.1, -0.05) is 30.3 Å². The van der Waals surface area contributed by atoms with E-state index in [-0.39, 0.29) is 23.5 Å². The third-order valence-corrected chi connectivity index (χ3v) is 4.20. The van der Waals surface area contributed by atoms with Gasteiger partial charge in [-0.3, -0.25) is 24.1 Å². The average molecular weight is 384 g/mol. The SMILES string of the molecule is O=C(COC(=O)CN1C(=O)c2ccccc2C1=O)NCCc1ccccc1F. The zero-order chi connectivity index (χ0) is 20.1. The highest BCUT2D eigenvalue weighted by Gasteiger charge is 2.36. The standard InChI is InChI=1S/C20H17FN2O5/c21-16-8-4-1-5-13(16)9-10-22-17(24)12-28-18(25)11-23-19(26)14-6-2-3-7-15(14)20(23)27/h1-8H,9-12H2,(H,22,24). The summed E-state index contributed by atoms with van der Waals surface area (Å²) in [6, 6.07) is 12.5. The van der Waals surface area contributed by atoms with Crippen molar-refractivity contribution in [2.75, 3.05) is 19.7 Å². The van der Waals surface area contributed by atoms with Crippen molar-refractivity contribution in [3.63, 3.8) is 0 Å². The Labute approximate surface area is 160 Å². The lowest BCUT2D eigenvalue weighted by atomic mass is 10.1. The van der Waals surface area contributed by atoms with Crippen LogP contribution in [0.2, 0.25) is 0 Å². The number of imide groups is 1. The average Bonchev–Trinajstić information content (AvgIpc) is 2.93. The van der Waals surface area contributed by atoms with Crippen LogP contribution in [0.15, 0.2) is 48.5 Å². The lowest BCUT2D eigenvalue weighted by Crippen LogP contribution is -2.37. The van der Waals surface area contributed by atoms with Gasteiger partial charge in [-0.05, 0) is 30.2 Å². The molecule has 8 heteroatoms. The number of esters is 1. The zero-order valence-electron chi connectivity index (χ0n) is 14.8. The highest BCUT2D eigenvalue weighted by molar-refractivity contribution is 6.22. The molecule has 1 aliphatic rings. The van der Waals surface area contributed by atoms with Crippen molar-refractivity contribution in [2.45, 2.75) is 6.42 Å². The molecule has 0 saturated heterocycles. The number of nitrogens with one attached hydrogen (secondary N) is 1. The van der Waals surface area contributed by atoms with Gasteiger partial charge in [-0.2, -0.15) is 0 Å². The van der Waals surface area contributed by atoms with Gasteiger partial charge in [0.25, 0.3) is 17.7 Å². The first kappa shape index (κ1) is 19.2. The molecule has 144 valence electrons. The zero-order valence-corrected chi connectivity index (χ0v) is 14.8. The van der Waals surface area contributed by atoms with Crippen molar-refractivity contribution in [3.05, 3.63) is 71.0 Å². The number of benzene rings is 2. The second-order valence-electron chi connectivity index (χ2n) is 6.09. The molecule has 0 bridgehead atoms. The van der Waals surface area contributed by atoms with E-state index in [2.05, 4.69) is 5.32 Å². The maximum Gasteiger partial charge on any atom is 0.326 e. The normalized spacial score (nSPS) is 12.7. The molecule has 2 aromatic carbocycles. The van der Waals surface area contributed by atoms with Gasteiger partial charge in [-0.25, -0.2) is 4.39 Å². The molecule has 2 aromatic rings. The molecule has 0 radical (unpaired) electrons. The summed E-state index contributed by atoms with van der Waals surface area (Å²) in [5.74, 6) is -2.95. The van der Waals surface area contributed by atoms with Gasteiger partial charge in [0, 0.05) is 6.54 Å². The fourth-order valence-corrected chi connectivity index (χ4v) is 2.79. The van der Waals surface area contributed by atoms with E-state index in [1.807, 2.05) is 0 Å². The number of halogens is 1. The van der Waals surface area contributed by atoms with Crippen LogP contribution in [0.25, 0.3) is 0 Å². The van der Waals surface area contributed by atoms with Crippen molar-refractivity contribution in [1.82, 2.24) is 10.2 Å². The van der Waals surface area contributed by atoms with Crippen LogP contribution in [0.5, 0.6) is 0 Å². The minimum atomic E-state index is -0.876. The van der Waals surface area contributed by atoms with Crippen LogP contribution in [0.1, 0.15) is 26.3 Å². The van der Waals surface area contributed by atoms with E-state index in [9.17, 15) is 23.6 Å². The van der Waals surface area contributed by atoms with Crippen LogP contribution in [0, 0.1) is 5.82 Å². The van der Waals surface area contributed by atoms with Crippen LogP contribution < -0.4 is 5.32 Å². The molecule has 0 saturated carbocycles. The number of amides is 3. The van der Waals surface area contributed by atoms with Crippen LogP contribution in [-0.4, -0.2) is 48.3 Å². The maximum absolute atomic E-state index is 13.5. The second kappa shape index (κ2) is 8.43. The molecule has 0 atom stereocenters. The molecule has 0 aliphatic carbocycles. The first-order chi connectivity index (χ1) is 13.5. The van der Waals surface area contributed by atoms with E-state index in [0.29, 0.717) is 12.0 Å². The quantitative estimate of drug-likeness (QED) is 0.574. The highest BCUT2D eigenvalue weighted by Crippen LogP contribution is 2.22. The van der Waals surface area contributed by atoms with Gasteiger partial charge in [0.05, 0.1) is 11.1 Å². The fraction of sp³-hybridized carbons (Fsp3) is 0.200. The highest BCUT2D eigenvalue weighted by atomic mass is 19.1. The van der Waals surface area contributed by atoms with Gasteiger partial charge in [0.15, 0.2) is 6.61 Å². The number of ether oxygens (including phenoxy) is 1. The molecule has 28 heavy (non-hydrogen) atoms. The number of rotatable bonds is 7. The van der Waals surface area contributed by atoms with E-state index in [4.69, 9.17) is 4.74 Å².